The fourth-order valence-electron chi connectivity index (χ4n) is 5.53. The van der Waals surface area contributed by atoms with Crippen LogP contribution >= 0.6 is 12.2 Å². The van der Waals surface area contributed by atoms with Gasteiger partial charge in [-0.05, 0) is 111 Å². The molecule has 2 atom stereocenters. The number of nitrogens with zero attached hydrogens (tertiary/aromatic N) is 3. The quantitative estimate of drug-likeness (QED) is 0.271. The monoisotopic (exact) mass is 541 g/mol. The Labute approximate surface area is 233 Å². The zero-order valence-corrected chi connectivity index (χ0v) is 23.3. The number of carbonyl (C=O) groups excluding carboxylic acids is 1. The van der Waals surface area contributed by atoms with Crippen LogP contribution in [-0.2, 0) is 4.79 Å². The minimum Gasteiger partial charge on any atom is -0.352 e. The summed E-state index contributed by atoms with van der Waals surface area (Å²) in [4.78, 5) is 19.5. The number of aromatic nitrogens is 2. The molecule has 1 aliphatic rings. The molecule has 1 fully saturated rings. The van der Waals surface area contributed by atoms with Gasteiger partial charge in [-0.3, -0.25) is 9.78 Å². The lowest BCUT2D eigenvalue weighted by atomic mass is 9.96. The second-order valence-electron chi connectivity index (χ2n) is 10.1. The molecule has 0 unspecified atom stereocenters. The molecule has 0 bridgehead atoms. The number of rotatable bonds is 7. The molecule has 6 nitrogen and oxygen atoms in total. The second kappa shape index (κ2) is 11.0. The Morgan fingerprint density at radius 1 is 1.03 bits per heavy atom. The van der Waals surface area contributed by atoms with Gasteiger partial charge in [0.1, 0.15) is 5.82 Å². The van der Waals surface area contributed by atoms with Crippen molar-refractivity contribution in [3.05, 3.63) is 113 Å². The van der Waals surface area contributed by atoms with Gasteiger partial charge < -0.3 is 20.1 Å². The van der Waals surface area contributed by atoms with E-state index in [1.54, 1.807) is 18.3 Å². The molecule has 4 aromatic rings. The third kappa shape index (κ3) is 5.56. The van der Waals surface area contributed by atoms with Crippen LogP contribution in [0.4, 0.5) is 10.1 Å². The maximum absolute atomic E-state index is 13.3. The Morgan fingerprint density at radius 3 is 2.41 bits per heavy atom. The van der Waals surface area contributed by atoms with E-state index in [0.717, 1.165) is 28.3 Å². The first-order valence-electron chi connectivity index (χ1n) is 13.0. The van der Waals surface area contributed by atoms with Gasteiger partial charge in [0.05, 0.1) is 17.8 Å². The summed E-state index contributed by atoms with van der Waals surface area (Å²) in [5.74, 6) is -0.506. The van der Waals surface area contributed by atoms with Gasteiger partial charge in [-0.25, -0.2) is 4.39 Å². The summed E-state index contributed by atoms with van der Waals surface area (Å²) in [7, 11) is 0. The smallest absolute Gasteiger partial charge is 0.226 e. The maximum Gasteiger partial charge on any atom is 0.226 e. The van der Waals surface area contributed by atoms with Crippen LogP contribution < -0.4 is 10.6 Å². The predicted octanol–water partition coefficient (Wildman–Crippen LogP) is 6.25. The van der Waals surface area contributed by atoms with Crippen LogP contribution in [0.2, 0.25) is 0 Å². The van der Waals surface area contributed by atoms with E-state index in [9.17, 15) is 9.18 Å². The molecule has 2 aromatic carbocycles. The van der Waals surface area contributed by atoms with Crippen molar-refractivity contribution in [3.63, 3.8) is 0 Å². The molecule has 0 spiro atoms. The second-order valence-corrected chi connectivity index (χ2v) is 10.5. The van der Waals surface area contributed by atoms with Crippen molar-refractivity contribution in [2.24, 2.45) is 0 Å². The number of benzene rings is 2. The van der Waals surface area contributed by atoms with Gasteiger partial charge in [-0.2, -0.15) is 0 Å². The minimum absolute atomic E-state index is 0.156. The van der Waals surface area contributed by atoms with Gasteiger partial charge in [-0.1, -0.05) is 12.1 Å². The topological polar surface area (TPSA) is 62.2 Å². The number of hydrogen-bond acceptors (Lipinski definition) is 3. The van der Waals surface area contributed by atoms with E-state index in [0.29, 0.717) is 17.3 Å². The first-order valence-corrected chi connectivity index (χ1v) is 13.4. The van der Waals surface area contributed by atoms with Gasteiger partial charge in [0.15, 0.2) is 5.11 Å². The van der Waals surface area contributed by atoms with E-state index in [-0.39, 0.29) is 30.2 Å². The molecule has 0 saturated carbocycles. The number of anilines is 1. The SMILES string of the molecule is Cc1cc(C)cc(-n2c(C)cc([C@H]3[C@H](c4ccccn4)NC(=S)N3CCC(=O)Nc3ccc(F)cc3)c2C)c1. The van der Waals surface area contributed by atoms with E-state index in [4.69, 9.17) is 12.2 Å². The Hall–Kier alpha value is -4.04. The standard InChI is InChI=1S/C31H32FN5OS/c1-19-15-20(2)17-25(16-19)37-21(3)18-26(22(37)4)30-29(27-7-5-6-13-33-27)35-31(39)36(30)14-12-28(38)34-24-10-8-23(32)9-11-24/h5-11,13,15-18,29-30H,12,14H2,1-4H3,(H,34,38)(H,35,39)/t29-,30-/m0/s1. The summed E-state index contributed by atoms with van der Waals surface area (Å²) < 4.78 is 15.5. The van der Waals surface area contributed by atoms with E-state index in [2.05, 4.69) is 77.0 Å². The van der Waals surface area contributed by atoms with Gasteiger partial charge in [0.2, 0.25) is 5.91 Å². The fraction of sp³-hybridized carbons (Fsp3) is 0.258. The molecule has 0 aliphatic carbocycles. The molecule has 3 heterocycles. The average molecular weight is 542 g/mol. The van der Waals surface area contributed by atoms with Crippen LogP contribution in [0.3, 0.4) is 0 Å². The molecule has 5 rings (SSSR count). The highest BCUT2D eigenvalue weighted by molar-refractivity contribution is 7.80. The van der Waals surface area contributed by atoms with Crippen LogP contribution in [0.25, 0.3) is 5.69 Å². The molecular weight excluding hydrogens is 509 g/mol. The molecule has 1 saturated heterocycles. The third-order valence-corrected chi connectivity index (χ3v) is 7.51. The summed E-state index contributed by atoms with van der Waals surface area (Å²) in [6, 6.07) is 20.1. The number of aryl methyl sites for hydroxylation is 3. The van der Waals surface area contributed by atoms with Crippen molar-refractivity contribution in [1.82, 2.24) is 19.8 Å². The van der Waals surface area contributed by atoms with Gasteiger partial charge in [-0.15, -0.1) is 0 Å². The van der Waals surface area contributed by atoms with Crippen LogP contribution in [0.15, 0.2) is 72.9 Å². The highest BCUT2D eigenvalue weighted by atomic mass is 32.1. The summed E-state index contributed by atoms with van der Waals surface area (Å²) >= 11 is 5.81. The molecule has 1 aliphatic heterocycles. The Bertz CT molecular complexity index is 1500. The molecule has 2 aromatic heterocycles. The Kier molecular flexibility index (Phi) is 7.48. The van der Waals surface area contributed by atoms with E-state index >= 15 is 0 Å². The molecule has 0 radical (unpaired) electrons. The van der Waals surface area contributed by atoms with E-state index < -0.39 is 0 Å². The van der Waals surface area contributed by atoms with Gasteiger partial charge >= 0.3 is 0 Å². The van der Waals surface area contributed by atoms with Gasteiger partial charge in [0.25, 0.3) is 0 Å². The third-order valence-electron chi connectivity index (χ3n) is 7.16. The molecule has 1 amide bonds. The van der Waals surface area contributed by atoms with Crippen LogP contribution in [0.1, 0.15) is 52.3 Å². The zero-order valence-electron chi connectivity index (χ0n) is 22.5. The lowest BCUT2D eigenvalue weighted by Gasteiger charge is -2.28. The maximum atomic E-state index is 13.3. The number of carbonyl (C=O) groups is 1. The predicted molar refractivity (Wildman–Crippen MR) is 157 cm³/mol. The largest absolute Gasteiger partial charge is 0.352 e. The molecule has 2 N–H and O–H groups in total. The van der Waals surface area contributed by atoms with Crippen molar-refractivity contribution in [1.29, 1.82) is 0 Å². The lowest BCUT2D eigenvalue weighted by molar-refractivity contribution is -0.116. The van der Waals surface area contributed by atoms with E-state index in [1.807, 2.05) is 18.2 Å². The molecule has 39 heavy (non-hydrogen) atoms. The Morgan fingerprint density at radius 2 is 1.74 bits per heavy atom. The van der Waals surface area contributed by atoms with E-state index in [1.165, 1.54) is 23.3 Å². The van der Waals surface area contributed by atoms with Gasteiger partial charge in [0, 0.05) is 41.9 Å². The number of halogens is 1. The van der Waals surface area contributed by atoms with Crippen molar-refractivity contribution in [2.45, 2.75) is 46.2 Å². The highest BCUT2D eigenvalue weighted by Gasteiger charge is 2.41. The molecule has 200 valence electrons. The highest BCUT2D eigenvalue weighted by Crippen LogP contribution is 2.41. The van der Waals surface area contributed by atoms with Crippen molar-refractivity contribution >= 4 is 28.9 Å². The summed E-state index contributed by atoms with van der Waals surface area (Å²) in [5, 5.41) is 6.91. The lowest BCUT2D eigenvalue weighted by Crippen LogP contribution is -2.32. The fourth-order valence-corrected chi connectivity index (χ4v) is 5.86. The number of hydrogen-bond donors (Lipinski definition) is 2. The van der Waals surface area contributed by atoms with Crippen molar-refractivity contribution in [3.8, 4) is 5.69 Å². The van der Waals surface area contributed by atoms with Crippen molar-refractivity contribution < 1.29 is 9.18 Å². The summed E-state index contributed by atoms with van der Waals surface area (Å²) in [5.41, 5.74) is 8.37. The van der Waals surface area contributed by atoms with Crippen molar-refractivity contribution in [2.75, 3.05) is 11.9 Å². The van der Waals surface area contributed by atoms with Crippen LogP contribution in [-0.4, -0.2) is 32.0 Å². The Balaban J connectivity index is 1.48. The average Bonchev–Trinajstić information content (AvgIpc) is 3.38. The van der Waals surface area contributed by atoms with Crippen LogP contribution in [0, 0.1) is 33.5 Å². The number of nitrogens with one attached hydrogen (secondary N) is 2. The molecular formula is C31H32FN5OS. The first-order chi connectivity index (χ1) is 18.7. The number of pyridine rings is 1. The first kappa shape index (κ1) is 26.6. The summed E-state index contributed by atoms with van der Waals surface area (Å²) in [6.07, 6.45) is 2.01. The van der Waals surface area contributed by atoms with Crippen LogP contribution in [0.5, 0.6) is 0 Å². The zero-order chi connectivity index (χ0) is 27.7. The number of amides is 1. The normalized spacial score (nSPS) is 16.8. The number of thiocarbonyl (C=S) groups is 1. The summed E-state index contributed by atoms with van der Waals surface area (Å²) in [6.45, 7) is 8.89. The molecule has 8 heteroatoms. The minimum atomic E-state index is -0.344.